The summed E-state index contributed by atoms with van der Waals surface area (Å²) in [5.74, 6) is 0.944. The minimum atomic E-state index is -0.0442. The lowest BCUT2D eigenvalue weighted by atomic mass is 10.1. The summed E-state index contributed by atoms with van der Waals surface area (Å²) in [6.45, 7) is 3.74. The number of benzene rings is 1. The Kier molecular flexibility index (Phi) is 4.12. The maximum atomic E-state index is 13.2. The van der Waals surface area contributed by atoms with E-state index in [0.29, 0.717) is 23.8 Å². The van der Waals surface area contributed by atoms with E-state index in [1.165, 1.54) is 6.33 Å². The Bertz CT molecular complexity index is 906. The number of pyridine rings is 1. The lowest BCUT2D eigenvalue weighted by molar-refractivity contribution is 0.0984. The van der Waals surface area contributed by atoms with Gasteiger partial charge in [-0.2, -0.15) is 5.10 Å². The first kappa shape index (κ1) is 16.3. The first-order valence-electron chi connectivity index (χ1n) is 8.56. The molecule has 1 aliphatic rings. The van der Waals surface area contributed by atoms with Crippen LogP contribution in [0.1, 0.15) is 17.3 Å². The molecule has 1 unspecified atom stereocenters. The SMILES string of the molecule is CC1CN(C)c2ccccc2N(C(=O)c2ccc(-n3cncn3)nc2)C1. The van der Waals surface area contributed by atoms with Crippen molar-refractivity contribution in [2.75, 3.05) is 29.9 Å². The highest BCUT2D eigenvalue weighted by molar-refractivity contribution is 6.07. The summed E-state index contributed by atoms with van der Waals surface area (Å²) in [6.07, 6.45) is 4.63. The van der Waals surface area contributed by atoms with Crippen LogP contribution in [0.2, 0.25) is 0 Å². The molecule has 0 saturated heterocycles. The fourth-order valence-corrected chi connectivity index (χ4v) is 3.37. The number of carbonyl (C=O) groups is 1. The maximum absolute atomic E-state index is 13.2. The largest absolute Gasteiger partial charge is 0.373 e. The van der Waals surface area contributed by atoms with Gasteiger partial charge in [0.05, 0.1) is 16.9 Å². The van der Waals surface area contributed by atoms with Gasteiger partial charge in [-0.15, -0.1) is 0 Å². The van der Waals surface area contributed by atoms with E-state index in [-0.39, 0.29) is 5.91 Å². The third-order valence-electron chi connectivity index (χ3n) is 4.56. The van der Waals surface area contributed by atoms with E-state index in [1.54, 1.807) is 29.3 Å². The van der Waals surface area contributed by atoms with E-state index in [1.807, 2.05) is 23.1 Å². The van der Waals surface area contributed by atoms with Gasteiger partial charge < -0.3 is 9.80 Å². The molecule has 0 spiro atoms. The first-order chi connectivity index (χ1) is 12.6. The molecule has 0 fully saturated rings. The molecule has 0 aliphatic carbocycles. The van der Waals surface area contributed by atoms with Gasteiger partial charge in [0.1, 0.15) is 12.7 Å². The van der Waals surface area contributed by atoms with Crippen molar-refractivity contribution in [3.8, 4) is 5.82 Å². The molecule has 1 aromatic carbocycles. The van der Waals surface area contributed by atoms with Crippen molar-refractivity contribution in [3.05, 3.63) is 60.8 Å². The van der Waals surface area contributed by atoms with Crippen molar-refractivity contribution in [1.82, 2.24) is 19.7 Å². The average molecular weight is 348 g/mol. The third kappa shape index (κ3) is 2.92. The molecule has 26 heavy (non-hydrogen) atoms. The Morgan fingerprint density at radius 1 is 1.12 bits per heavy atom. The Labute approximate surface area is 151 Å². The molecule has 132 valence electrons. The van der Waals surface area contributed by atoms with Gasteiger partial charge in [-0.1, -0.05) is 19.1 Å². The third-order valence-corrected chi connectivity index (χ3v) is 4.56. The van der Waals surface area contributed by atoms with E-state index in [4.69, 9.17) is 0 Å². The lowest BCUT2D eigenvalue weighted by Crippen LogP contribution is -2.35. The van der Waals surface area contributed by atoms with Crippen LogP contribution in [0.25, 0.3) is 5.82 Å². The Morgan fingerprint density at radius 3 is 2.62 bits per heavy atom. The number of hydrogen-bond acceptors (Lipinski definition) is 5. The van der Waals surface area contributed by atoms with Crippen molar-refractivity contribution in [1.29, 1.82) is 0 Å². The molecule has 0 saturated carbocycles. The second-order valence-electron chi connectivity index (χ2n) is 6.64. The first-order valence-corrected chi connectivity index (χ1v) is 8.56. The molecule has 0 N–H and O–H groups in total. The number of nitrogens with zero attached hydrogens (tertiary/aromatic N) is 6. The quantitative estimate of drug-likeness (QED) is 0.711. The van der Waals surface area contributed by atoms with Crippen molar-refractivity contribution < 1.29 is 4.79 Å². The standard InChI is InChI=1S/C19H20N6O/c1-14-10-23(2)16-5-3-4-6-17(16)24(11-14)19(26)15-7-8-18(21-9-15)25-13-20-12-22-25/h3-9,12-14H,10-11H2,1-2H3. The highest BCUT2D eigenvalue weighted by atomic mass is 16.2. The van der Waals surface area contributed by atoms with Crippen molar-refractivity contribution in [2.24, 2.45) is 5.92 Å². The molecular weight excluding hydrogens is 328 g/mol. The van der Waals surface area contributed by atoms with Crippen LogP contribution in [0.3, 0.4) is 0 Å². The van der Waals surface area contributed by atoms with Crippen LogP contribution in [0.4, 0.5) is 11.4 Å². The highest BCUT2D eigenvalue weighted by Crippen LogP contribution is 2.33. The highest BCUT2D eigenvalue weighted by Gasteiger charge is 2.27. The molecule has 3 heterocycles. The maximum Gasteiger partial charge on any atom is 0.259 e. The smallest absolute Gasteiger partial charge is 0.259 e. The molecule has 7 nitrogen and oxygen atoms in total. The molecule has 1 aliphatic heterocycles. The summed E-state index contributed by atoms with van der Waals surface area (Å²) in [5.41, 5.74) is 2.56. The molecular formula is C19H20N6O. The molecule has 0 bridgehead atoms. The van der Waals surface area contributed by atoms with Crippen molar-refractivity contribution in [3.63, 3.8) is 0 Å². The fourth-order valence-electron chi connectivity index (χ4n) is 3.37. The van der Waals surface area contributed by atoms with Gasteiger partial charge >= 0.3 is 0 Å². The predicted octanol–water partition coefficient (Wildman–Crippen LogP) is 2.40. The summed E-state index contributed by atoms with van der Waals surface area (Å²) >= 11 is 0. The number of rotatable bonds is 2. The fraction of sp³-hybridized carbons (Fsp3) is 0.263. The van der Waals surface area contributed by atoms with Crippen molar-refractivity contribution in [2.45, 2.75) is 6.92 Å². The Balaban J connectivity index is 1.67. The van der Waals surface area contributed by atoms with Crippen LogP contribution in [0, 0.1) is 5.92 Å². The number of para-hydroxylation sites is 2. The van der Waals surface area contributed by atoms with E-state index < -0.39 is 0 Å². The van der Waals surface area contributed by atoms with E-state index in [0.717, 1.165) is 17.9 Å². The van der Waals surface area contributed by atoms with Crippen LogP contribution in [-0.4, -0.2) is 45.8 Å². The average Bonchev–Trinajstić information content (AvgIpc) is 3.16. The second-order valence-corrected chi connectivity index (χ2v) is 6.64. The number of carbonyl (C=O) groups excluding carboxylic acids is 1. The minimum absolute atomic E-state index is 0.0442. The van der Waals surface area contributed by atoms with Gasteiger partial charge in [0.2, 0.25) is 0 Å². The molecule has 2 aromatic heterocycles. The zero-order valence-electron chi connectivity index (χ0n) is 14.8. The molecule has 4 rings (SSSR count). The van der Waals surface area contributed by atoms with Crippen LogP contribution in [0.5, 0.6) is 0 Å². The molecule has 1 atom stereocenters. The van der Waals surface area contributed by atoms with Gasteiger partial charge in [-0.25, -0.2) is 14.6 Å². The molecule has 7 heteroatoms. The van der Waals surface area contributed by atoms with Crippen molar-refractivity contribution >= 4 is 17.3 Å². The number of amides is 1. The van der Waals surface area contributed by atoms with Crippen LogP contribution >= 0.6 is 0 Å². The van der Waals surface area contributed by atoms with Crippen LogP contribution in [-0.2, 0) is 0 Å². The number of aromatic nitrogens is 4. The van der Waals surface area contributed by atoms with Gasteiger partial charge in [-0.3, -0.25) is 4.79 Å². The second kappa shape index (κ2) is 6.59. The van der Waals surface area contributed by atoms with Crippen LogP contribution < -0.4 is 9.80 Å². The summed E-state index contributed by atoms with van der Waals surface area (Å²) in [7, 11) is 2.07. The van der Waals surface area contributed by atoms with Gasteiger partial charge in [-0.05, 0) is 30.2 Å². The summed E-state index contributed by atoms with van der Waals surface area (Å²) < 4.78 is 1.56. The van der Waals surface area contributed by atoms with Crippen LogP contribution in [0.15, 0.2) is 55.2 Å². The summed E-state index contributed by atoms with van der Waals surface area (Å²) in [4.78, 5) is 25.5. The zero-order valence-corrected chi connectivity index (χ0v) is 14.8. The molecule has 0 radical (unpaired) electrons. The van der Waals surface area contributed by atoms with E-state index in [9.17, 15) is 4.79 Å². The van der Waals surface area contributed by atoms with E-state index in [2.05, 4.69) is 40.0 Å². The summed E-state index contributed by atoms with van der Waals surface area (Å²) in [6, 6.07) is 11.6. The molecule has 1 amide bonds. The Morgan fingerprint density at radius 2 is 1.92 bits per heavy atom. The van der Waals surface area contributed by atoms with Gasteiger partial charge in [0.25, 0.3) is 5.91 Å². The summed E-state index contributed by atoms with van der Waals surface area (Å²) in [5, 5.41) is 4.05. The van der Waals surface area contributed by atoms with E-state index >= 15 is 0 Å². The number of hydrogen-bond donors (Lipinski definition) is 0. The normalized spacial score (nSPS) is 16.9. The lowest BCUT2D eigenvalue weighted by Gasteiger charge is -2.24. The van der Waals surface area contributed by atoms with Gasteiger partial charge in [0.15, 0.2) is 5.82 Å². The monoisotopic (exact) mass is 348 g/mol. The number of anilines is 2. The molecule has 3 aromatic rings. The van der Waals surface area contributed by atoms with Gasteiger partial charge in [0, 0.05) is 26.3 Å². The minimum Gasteiger partial charge on any atom is -0.373 e. The topological polar surface area (TPSA) is 67.2 Å². The Hall–Kier alpha value is -3.22. The zero-order chi connectivity index (χ0) is 18.1. The predicted molar refractivity (Wildman–Crippen MR) is 99.7 cm³/mol. The number of fused-ring (bicyclic) bond motifs is 1.